The van der Waals surface area contributed by atoms with E-state index in [2.05, 4.69) is 0 Å². The molecule has 6 heteroatoms. The number of nitrogens with two attached hydrogens (primary N) is 1. The van der Waals surface area contributed by atoms with Crippen LogP contribution < -0.4 is 5.73 Å². The van der Waals surface area contributed by atoms with Gasteiger partial charge in [-0.25, -0.2) is 8.42 Å². The van der Waals surface area contributed by atoms with Crippen molar-refractivity contribution in [2.24, 2.45) is 11.7 Å². The fourth-order valence-electron chi connectivity index (χ4n) is 2.54. The van der Waals surface area contributed by atoms with Gasteiger partial charge in [0.15, 0.2) is 0 Å². The van der Waals surface area contributed by atoms with Gasteiger partial charge in [0.1, 0.15) is 0 Å². The lowest BCUT2D eigenvalue weighted by Gasteiger charge is -2.35. The fraction of sp³-hybridized carbons (Fsp3) is 0.500. The van der Waals surface area contributed by atoms with Crippen LogP contribution in [-0.2, 0) is 10.0 Å². The smallest absolute Gasteiger partial charge is 0.243 e. The molecule has 1 aromatic rings. The van der Waals surface area contributed by atoms with Crippen molar-refractivity contribution < 1.29 is 8.42 Å². The summed E-state index contributed by atoms with van der Waals surface area (Å²) in [6.45, 7) is 2.92. The summed E-state index contributed by atoms with van der Waals surface area (Å²) in [7, 11) is -3.53. The van der Waals surface area contributed by atoms with Crippen LogP contribution in [0.4, 0.5) is 0 Å². The highest BCUT2D eigenvalue weighted by Crippen LogP contribution is 2.25. The molecule has 2 rings (SSSR count). The van der Waals surface area contributed by atoms with Crippen molar-refractivity contribution in [2.75, 3.05) is 13.1 Å². The van der Waals surface area contributed by atoms with E-state index in [1.54, 1.807) is 12.1 Å². The summed E-state index contributed by atoms with van der Waals surface area (Å²) in [5, 5.41) is 8.88. The van der Waals surface area contributed by atoms with Crippen LogP contribution in [0.25, 0.3) is 0 Å². The van der Waals surface area contributed by atoms with Crippen molar-refractivity contribution in [3.8, 4) is 6.07 Å². The van der Waals surface area contributed by atoms with E-state index >= 15 is 0 Å². The molecule has 1 saturated heterocycles. The molecule has 20 heavy (non-hydrogen) atoms. The first-order chi connectivity index (χ1) is 9.48. The average molecular weight is 293 g/mol. The first-order valence-electron chi connectivity index (χ1n) is 6.75. The zero-order valence-electron chi connectivity index (χ0n) is 11.5. The average Bonchev–Trinajstić information content (AvgIpc) is 2.47. The lowest BCUT2D eigenvalue weighted by Crippen LogP contribution is -2.48. The molecular formula is C14H19N3O2S. The highest BCUT2D eigenvalue weighted by Gasteiger charge is 2.33. The Hall–Kier alpha value is -1.42. The zero-order chi connectivity index (χ0) is 14.8. The Balaban J connectivity index is 2.28. The number of hydrogen-bond acceptors (Lipinski definition) is 4. The predicted molar refractivity (Wildman–Crippen MR) is 76.3 cm³/mol. The molecule has 2 unspecified atom stereocenters. The zero-order valence-corrected chi connectivity index (χ0v) is 12.3. The SMILES string of the molecule is CCC1CN(S(=O)(=O)c2cccc(C#N)c2)CCC1N. The molecule has 2 atom stereocenters. The summed E-state index contributed by atoms with van der Waals surface area (Å²) in [5.41, 5.74) is 6.37. The quantitative estimate of drug-likeness (QED) is 0.910. The summed E-state index contributed by atoms with van der Waals surface area (Å²) in [5.74, 6) is 0.192. The Morgan fingerprint density at radius 2 is 2.25 bits per heavy atom. The van der Waals surface area contributed by atoms with Crippen LogP contribution in [0.1, 0.15) is 25.3 Å². The van der Waals surface area contributed by atoms with Crippen LogP contribution in [0.5, 0.6) is 0 Å². The second-order valence-electron chi connectivity index (χ2n) is 5.12. The minimum atomic E-state index is -3.53. The van der Waals surface area contributed by atoms with E-state index in [0.717, 1.165) is 6.42 Å². The van der Waals surface area contributed by atoms with E-state index < -0.39 is 10.0 Å². The van der Waals surface area contributed by atoms with Crippen molar-refractivity contribution in [2.45, 2.75) is 30.7 Å². The highest BCUT2D eigenvalue weighted by atomic mass is 32.2. The molecule has 0 amide bonds. The molecule has 0 saturated carbocycles. The molecule has 1 heterocycles. The summed E-state index contributed by atoms with van der Waals surface area (Å²) in [4.78, 5) is 0.182. The molecule has 0 bridgehead atoms. The van der Waals surface area contributed by atoms with Crippen molar-refractivity contribution in [3.63, 3.8) is 0 Å². The molecule has 0 radical (unpaired) electrons. The van der Waals surface area contributed by atoms with Crippen LogP contribution >= 0.6 is 0 Å². The second kappa shape index (κ2) is 5.92. The van der Waals surface area contributed by atoms with Gasteiger partial charge in [-0.2, -0.15) is 9.57 Å². The van der Waals surface area contributed by atoms with E-state index in [9.17, 15) is 8.42 Å². The van der Waals surface area contributed by atoms with Gasteiger partial charge in [0.2, 0.25) is 10.0 Å². The maximum absolute atomic E-state index is 12.6. The van der Waals surface area contributed by atoms with E-state index in [1.165, 1.54) is 16.4 Å². The largest absolute Gasteiger partial charge is 0.327 e. The van der Waals surface area contributed by atoms with Gasteiger partial charge in [-0.3, -0.25) is 0 Å². The van der Waals surface area contributed by atoms with E-state index in [4.69, 9.17) is 11.0 Å². The number of piperidine rings is 1. The van der Waals surface area contributed by atoms with Gasteiger partial charge in [0.05, 0.1) is 16.5 Å². The van der Waals surface area contributed by atoms with Crippen molar-refractivity contribution in [1.29, 1.82) is 5.26 Å². The van der Waals surface area contributed by atoms with Gasteiger partial charge < -0.3 is 5.73 Å². The number of benzene rings is 1. The number of hydrogen-bond donors (Lipinski definition) is 1. The Morgan fingerprint density at radius 3 is 2.90 bits per heavy atom. The first-order valence-corrected chi connectivity index (χ1v) is 8.19. The van der Waals surface area contributed by atoms with Gasteiger partial charge in [-0.05, 0) is 30.5 Å². The summed E-state index contributed by atoms with van der Waals surface area (Å²) < 4.78 is 26.7. The van der Waals surface area contributed by atoms with E-state index in [-0.39, 0.29) is 16.9 Å². The molecule has 1 aliphatic heterocycles. The molecule has 2 N–H and O–H groups in total. The Labute approximate surface area is 120 Å². The topological polar surface area (TPSA) is 87.2 Å². The van der Waals surface area contributed by atoms with Gasteiger partial charge in [0.25, 0.3) is 0 Å². The van der Waals surface area contributed by atoms with E-state index in [0.29, 0.717) is 25.1 Å². The van der Waals surface area contributed by atoms with Gasteiger partial charge in [-0.15, -0.1) is 0 Å². The maximum atomic E-state index is 12.6. The van der Waals surface area contributed by atoms with Crippen molar-refractivity contribution >= 4 is 10.0 Å². The molecule has 1 aromatic carbocycles. The van der Waals surface area contributed by atoms with E-state index in [1.807, 2.05) is 13.0 Å². The number of sulfonamides is 1. The Morgan fingerprint density at radius 1 is 1.50 bits per heavy atom. The molecule has 0 aliphatic carbocycles. The third-order valence-electron chi connectivity index (χ3n) is 3.88. The molecule has 108 valence electrons. The van der Waals surface area contributed by atoms with Gasteiger partial charge in [0, 0.05) is 19.1 Å². The minimum absolute atomic E-state index is 0.0666. The first kappa shape index (κ1) is 15.0. The minimum Gasteiger partial charge on any atom is -0.327 e. The monoisotopic (exact) mass is 293 g/mol. The van der Waals surface area contributed by atoms with Crippen LogP contribution in [0.15, 0.2) is 29.2 Å². The predicted octanol–water partition coefficient (Wildman–Crippen LogP) is 1.31. The van der Waals surface area contributed by atoms with Gasteiger partial charge >= 0.3 is 0 Å². The van der Waals surface area contributed by atoms with Crippen LogP contribution in [0.2, 0.25) is 0 Å². The number of nitriles is 1. The van der Waals surface area contributed by atoms with Crippen LogP contribution in [0.3, 0.4) is 0 Å². The highest BCUT2D eigenvalue weighted by molar-refractivity contribution is 7.89. The Kier molecular flexibility index (Phi) is 4.43. The Bertz CT molecular complexity index is 622. The third-order valence-corrected chi connectivity index (χ3v) is 5.74. The molecule has 1 fully saturated rings. The lowest BCUT2D eigenvalue weighted by atomic mass is 9.92. The standard InChI is InChI=1S/C14H19N3O2S/c1-2-12-10-17(7-6-14(12)16)20(18,19)13-5-3-4-11(8-13)9-15/h3-5,8,12,14H,2,6-7,10,16H2,1H3. The summed E-state index contributed by atoms with van der Waals surface area (Å²) in [6, 6.07) is 8.18. The van der Waals surface area contributed by atoms with Crippen LogP contribution in [0, 0.1) is 17.2 Å². The summed E-state index contributed by atoms with van der Waals surface area (Å²) >= 11 is 0. The van der Waals surface area contributed by atoms with Crippen LogP contribution in [-0.4, -0.2) is 31.9 Å². The summed E-state index contributed by atoms with van der Waals surface area (Å²) in [6.07, 6.45) is 1.54. The van der Waals surface area contributed by atoms with Crippen molar-refractivity contribution in [1.82, 2.24) is 4.31 Å². The van der Waals surface area contributed by atoms with Crippen molar-refractivity contribution in [3.05, 3.63) is 29.8 Å². The number of nitrogens with zero attached hydrogens (tertiary/aromatic N) is 2. The fourth-order valence-corrected chi connectivity index (χ4v) is 4.10. The molecule has 0 aromatic heterocycles. The lowest BCUT2D eigenvalue weighted by molar-refractivity contribution is 0.230. The number of rotatable bonds is 3. The molecule has 5 nitrogen and oxygen atoms in total. The maximum Gasteiger partial charge on any atom is 0.243 e. The van der Waals surface area contributed by atoms with Gasteiger partial charge in [-0.1, -0.05) is 19.4 Å². The molecule has 1 aliphatic rings. The molecular weight excluding hydrogens is 274 g/mol. The third kappa shape index (κ3) is 2.85. The normalized spacial score (nSPS) is 24.2. The molecule has 0 spiro atoms. The second-order valence-corrected chi connectivity index (χ2v) is 7.06.